The van der Waals surface area contributed by atoms with Gasteiger partial charge in [-0.15, -0.1) is 0 Å². The summed E-state index contributed by atoms with van der Waals surface area (Å²) >= 11 is 0. The Balaban J connectivity index is 1.64. The molecule has 1 aliphatic heterocycles. The van der Waals surface area contributed by atoms with E-state index in [-0.39, 0.29) is 11.6 Å². The van der Waals surface area contributed by atoms with Crippen LogP contribution in [0.1, 0.15) is 55.9 Å². The van der Waals surface area contributed by atoms with Gasteiger partial charge >= 0.3 is 0 Å². The van der Waals surface area contributed by atoms with Crippen LogP contribution in [0, 0.1) is 0 Å². The normalized spacial score (nSPS) is 18.9. The quantitative estimate of drug-likeness (QED) is 0.735. The number of aromatic amines is 1. The lowest BCUT2D eigenvalue weighted by Crippen LogP contribution is -2.29. The Morgan fingerprint density at radius 3 is 2.88 bits per heavy atom. The van der Waals surface area contributed by atoms with Gasteiger partial charge in [-0.1, -0.05) is 38.0 Å². The number of nitrogens with one attached hydrogen (secondary N) is 1. The number of aromatic nitrogens is 1. The minimum absolute atomic E-state index is 0.00394. The summed E-state index contributed by atoms with van der Waals surface area (Å²) < 4.78 is 6.08. The molecule has 1 saturated heterocycles. The van der Waals surface area contributed by atoms with E-state index >= 15 is 0 Å². The summed E-state index contributed by atoms with van der Waals surface area (Å²) in [5.41, 5.74) is 0.971. The maximum absolute atomic E-state index is 12.4. The number of hydrogen-bond donors (Lipinski definition) is 1. The zero-order valence-electron chi connectivity index (χ0n) is 15.3. The summed E-state index contributed by atoms with van der Waals surface area (Å²) in [4.78, 5) is 18.0. The molecule has 0 amide bonds. The first-order valence-electron chi connectivity index (χ1n) is 9.68. The van der Waals surface area contributed by atoms with Crippen molar-refractivity contribution >= 4 is 10.8 Å². The van der Waals surface area contributed by atoms with Gasteiger partial charge in [-0.2, -0.15) is 0 Å². The molecule has 1 aliphatic rings. The van der Waals surface area contributed by atoms with E-state index in [9.17, 15) is 4.79 Å². The first-order chi connectivity index (χ1) is 12.7. The van der Waals surface area contributed by atoms with Crippen molar-refractivity contribution in [3.63, 3.8) is 0 Å². The first-order valence-corrected chi connectivity index (χ1v) is 9.68. The summed E-state index contributed by atoms with van der Waals surface area (Å²) in [5.74, 6) is 2.11. The Hall–Kier alpha value is -2.33. The molecule has 26 heavy (non-hydrogen) atoms. The molecule has 136 valence electrons. The molecular formula is C22H26N2O2. The second-order valence-corrected chi connectivity index (χ2v) is 7.20. The average molecular weight is 350 g/mol. The number of hydrogen-bond acceptors (Lipinski definition) is 3. The maximum atomic E-state index is 12.4. The van der Waals surface area contributed by atoms with Gasteiger partial charge in [0, 0.05) is 24.0 Å². The van der Waals surface area contributed by atoms with Crippen LogP contribution in [0.3, 0.4) is 0 Å². The van der Waals surface area contributed by atoms with E-state index in [4.69, 9.17) is 4.42 Å². The Labute approximate surface area is 153 Å². The smallest absolute Gasteiger partial charge is 0.256 e. The van der Waals surface area contributed by atoms with Crippen LogP contribution < -0.4 is 5.56 Å². The van der Waals surface area contributed by atoms with Crippen LogP contribution in [0.25, 0.3) is 10.8 Å². The predicted octanol–water partition coefficient (Wildman–Crippen LogP) is 4.80. The number of benzene rings is 1. The number of H-pyrrole nitrogens is 1. The standard InChI is InChI=1S/C22H26N2O2/c1-2-18-11-12-21(26-18)20-10-4-3-7-13-24(20)15-17-14-16-8-5-6-9-19(16)22(25)23-17/h5-6,8-9,11-12,14,20H,2-4,7,10,13,15H2,1H3,(H,23,25). The zero-order valence-corrected chi connectivity index (χ0v) is 15.3. The van der Waals surface area contributed by atoms with E-state index in [0.717, 1.165) is 53.9 Å². The van der Waals surface area contributed by atoms with Crippen LogP contribution in [0.15, 0.2) is 51.7 Å². The molecule has 3 heterocycles. The average Bonchev–Trinajstić information content (AvgIpc) is 3.02. The third kappa shape index (κ3) is 3.47. The SMILES string of the molecule is CCc1ccc(C2CCCCCN2Cc2cc3ccccc3c(=O)[nH]2)o1. The van der Waals surface area contributed by atoms with Gasteiger partial charge in [0.1, 0.15) is 11.5 Å². The van der Waals surface area contributed by atoms with Crippen molar-refractivity contribution in [2.24, 2.45) is 0 Å². The van der Waals surface area contributed by atoms with Crippen LogP contribution in [0.4, 0.5) is 0 Å². The second-order valence-electron chi connectivity index (χ2n) is 7.20. The van der Waals surface area contributed by atoms with Crippen molar-refractivity contribution in [1.29, 1.82) is 0 Å². The van der Waals surface area contributed by atoms with Crippen LogP contribution in [0.5, 0.6) is 0 Å². The predicted molar refractivity (Wildman–Crippen MR) is 104 cm³/mol. The Morgan fingerprint density at radius 2 is 2.04 bits per heavy atom. The van der Waals surface area contributed by atoms with Gasteiger partial charge in [-0.3, -0.25) is 9.69 Å². The maximum Gasteiger partial charge on any atom is 0.256 e. The van der Waals surface area contributed by atoms with Gasteiger partial charge in [0.2, 0.25) is 0 Å². The van der Waals surface area contributed by atoms with Gasteiger partial charge in [-0.05, 0) is 49.0 Å². The van der Waals surface area contributed by atoms with Gasteiger partial charge in [0.15, 0.2) is 0 Å². The number of likely N-dealkylation sites (tertiary alicyclic amines) is 1. The summed E-state index contributed by atoms with van der Waals surface area (Å²) in [5, 5.41) is 1.76. The highest BCUT2D eigenvalue weighted by Crippen LogP contribution is 2.32. The number of aryl methyl sites for hydroxylation is 1. The van der Waals surface area contributed by atoms with E-state index in [1.807, 2.05) is 24.3 Å². The molecule has 2 aromatic heterocycles. The van der Waals surface area contributed by atoms with Gasteiger partial charge in [0.25, 0.3) is 5.56 Å². The van der Waals surface area contributed by atoms with E-state index in [2.05, 4.69) is 35.0 Å². The van der Waals surface area contributed by atoms with Crippen LogP contribution in [-0.2, 0) is 13.0 Å². The summed E-state index contributed by atoms with van der Waals surface area (Å²) in [7, 11) is 0. The molecule has 0 spiro atoms. The van der Waals surface area contributed by atoms with Crippen molar-refractivity contribution in [3.8, 4) is 0 Å². The van der Waals surface area contributed by atoms with Crippen molar-refractivity contribution in [1.82, 2.24) is 9.88 Å². The summed E-state index contributed by atoms with van der Waals surface area (Å²) in [6, 6.07) is 14.4. The van der Waals surface area contributed by atoms with Crippen molar-refractivity contribution in [2.45, 2.75) is 51.6 Å². The van der Waals surface area contributed by atoms with Gasteiger partial charge in [0.05, 0.1) is 6.04 Å². The number of fused-ring (bicyclic) bond motifs is 1. The summed E-state index contributed by atoms with van der Waals surface area (Å²) in [6.45, 7) is 3.89. The van der Waals surface area contributed by atoms with Crippen LogP contribution >= 0.6 is 0 Å². The van der Waals surface area contributed by atoms with E-state index in [1.165, 1.54) is 19.3 Å². The number of nitrogens with zero attached hydrogens (tertiary/aromatic N) is 1. The highest BCUT2D eigenvalue weighted by atomic mass is 16.3. The second kappa shape index (κ2) is 7.50. The van der Waals surface area contributed by atoms with Crippen LogP contribution in [0.2, 0.25) is 0 Å². The minimum Gasteiger partial charge on any atom is -0.464 e. The summed E-state index contributed by atoms with van der Waals surface area (Å²) in [6.07, 6.45) is 5.69. The third-order valence-corrected chi connectivity index (χ3v) is 5.41. The van der Waals surface area contributed by atoms with Gasteiger partial charge < -0.3 is 9.40 Å². The molecule has 0 bridgehead atoms. The molecule has 4 rings (SSSR count). The molecule has 4 heteroatoms. The lowest BCUT2D eigenvalue weighted by molar-refractivity contribution is 0.166. The monoisotopic (exact) mass is 350 g/mol. The van der Waals surface area contributed by atoms with E-state index in [1.54, 1.807) is 0 Å². The Bertz CT molecular complexity index is 940. The Morgan fingerprint density at radius 1 is 1.15 bits per heavy atom. The van der Waals surface area contributed by atoms with Crippen molar-refractivity contribution in [2.75, 3.05) is 6.54 Å². The third-order valence-electron chi connectivity index (χ3n) is 5.41. The lowest BCUT2D eigenvalue weighted by atomic mass is 10.1. The molecule has 1 atom stereocenters. The van der Waals surface area contributed by atoms with Crippen molar-refractivity contribution < 1.29 is 4.42 Å². The molecular weight excluding hydrogens is 324 g/mol. The molecule has 0 radical (unpaired) electrons. The van der Waals surface area contributed by atoms with Crippen molar-refractivity contribution in [3.05, 3.63) is 70.0 Å². The molecule has 4 nitrogen and oxygen atoms in total. The fourth-order valence-electron chi connectivity index (χ4n) is 4.01. The number of furan rings is 1. The lowest BCUT2D eigenvalue weighted by Gasteiger charge is -2.28. The fraction of sp³-hybridized carbons (Fsp3) is 0.409. The zero-order chi connectivity index (χ0) is 17.9. The highest BCUT2D eigenvalue weighted by Gasteiger charge is 2.25. The van der Waals surface area contributed by atoms with Crippen LogP contribution in [-0.4, -0.2) is 16.4 Å². The number of rotatable bonds is 4. The number of pyridine rings is 1. The largest absolute Gasteiger partial charge is 0.464 e. The topological polar surface area (TPSA) is 49.2 Å². The van der Waals surface area contributed by atoms with E-state index < -0.39 is 0 Å². The highest BCUT2D eigenvalue weighted by molar-refractivity contribution is 5.81. The van der Waals surface area contributed by atoms with Gasteiger partial charge in [-0.25, -0.2) is 0 Å². The Kier molecular flexibility index (Phi) is 4.93. The molecule has 1 fully saturated rings. The molecule has 0 aliphatic carbocycles. The molecule has 1 aromatic carbocycles. The fourth-order valence-corrected chi connectivity index (χ4v) is 4.01. The molecule has 1 unspecified atom stereocenters. The molecule has 0 saturated carbocycles. The first kappa shape index (κ1) is 17.1. The molecule has 1 N–H and O–H groups in total. The molecule has 3 aromatic rings. The van der Waals surface area contributed by atoms with E-state index in [0.29, 0.717) is 0 Å². The minimum atomic E-state index is -0.00394.